The molecular formula is C17H23NO4S. The number of rotatable bonds is 4. The van der Waals surface area contributed by atoms with E-state index in [-0.39, 0.29) is 10.6 Å². The lowest BCUT2D eigenvalue weighted by Crippen LogP contribution is -2.35. The van der Waals surface area contributed by atoms with Crippen molar-refractivity contribution >= 4 is 21.5 Å². The van der Waals surface area contributed by atoms with E-state index in [0.29, 0.717) is 16.7 Å². The standard InChI is InChI=1S/C17H23NO4S/c1-3-23(20,21)13-4-5-14(16(19)22-2)15(12-13)18-10-8-17(6-7-17)9-11-18/h4-5,12H,3,6-11H2,1-2H3. The fourth-order valence-electron chi connectivity index (χ4n) is 3.31. The highest BCUT2D eigenvalue weighted by Crippen LogP contribution is 2.54. The summed E-state index contributed by atoms with van der Waals surface area (Å²) in [6, 6.07) is 4.71. The second-order valence-corrected chi connectivity index (χ2v) is 8.84. The molecule has 1 aromatic carbocycles. The molecule has 0 N–H and O–H groups in total. The zero-order chi connectivity index (χ0) is 16.7. The molecule has 3 rings (SSSR count). The van der Waals surface area contributed by atoms with Crippen LogP contribution in [0, 0.1) is 5.41 Å². The molecule has 1 saturated heterocycles. The molecule has 5 nitrogen and oxygen atoms in total. The summed E-state index contributed by atoms with van der Waals surface area (Å²) < 4.78 is 29.2. The van der Waals surface area contributed by atoms with Crippen LogP contribution < -0.4 is 4.90 Å². The van der Waals surface area contributed by atoms with Crippen molar-refractivity contribution in [1.29, 1.82) is 0 Å². The van der Waals surface area contributed by atoms with Gasteiger partial charge in [-0.2, -0.15) is 0 Å². The van der Waals surface area contributed by atoms with E-state index in [9.17, 15) is 13.2 Å². The molecule has 0 unspecified atom stereocenters. The molecule has 1 aliphatic carbocycles. The quantitative estimate of drug-likeness (QED) is 0.790. The molecule has 0 bridgehead atoms. The van der Waals surface area contributed by atoms with Crippen LogP contribution in [0.2, 0.25) is 0 Å². The molecule has 2 fully saturated rings. The fraction of sp³-hybridized carbons (Fsp3) is 0.588. The topological polar surface area (TPSA) is 63.7 Å². The van der Waals surface area contributed by atoms with Crippen LogP contribution in [0.5, 0.6) is 0 Å². The maximum Gasteiger partial charge on any atom is 0.339 e. The Kier molecular flexibility index (Phi) is 4.12. The lowest BCUT2D eigenvalue weighted by atomic mass is 9.93. The van der Waals surface area contributed by atoms with Gasteiger partial charge in [-0.05, 0) is 49.3 Å². The van der Waals surface area contributed by atoms with Crippen LogP contribution >= 0.6 is 0 Å². The number of hydrogen-bond donors (Lipinski definition) is 0. The third-order valence-corrected chi connectivity index (χ3v) is 6.97. The highest BCUT2D eigenvalue weighted by molar-refractivity contribution is 7.91. The first-order chi connectivity index (χ1) is 10.9. The van der Waals surface area contributed by atoms with Gasteiger partial charge in [0.2, 0.25) is 0 Å². The summed E-state index contributed by atoms with van der Waals surface area (Å²) in [7, 11) is -1.95. The number of carbonyl (C=O) groups is 1. The van der Waals surface area contributed by atoms with Crippen LogP contribution in [-0.4, -0.2) is 40.3 Å². The lowest BCUT2D eigenvalue weighted by molar-refractivity contribution is 0.0601. The van der Waals surface area contributed by atoms with E-state index in [1.807, 2.05) is 0 Å². The zero-order valence-corrected chi connectivity index (χ0v) is 14.5. The smallest absolute Gasteiger partial charge is 0.339 e. The highest BCUT2D eigenvalue weighted by Gasteiger charge is 2.44. The molecule has 1 aliphatic heterocycles. The summed E-state index contributed by atoms with van der Waals surface area (Å²) in [5.41, 5.74) is 1.64. The summed E-state index contributed by atoms with van der Waals surface area (Å²) in [5.74, 6) is -0.375. The molecule has 0 aromatic heterocycles. The molecule has 1 spiro atoms. The second-order valence-electron chi connectivity index (χ2n) is 6.56. The van der Waals surface area contributed by atoms with Crippen LogP contribution in [0.3, 0.4) is 0 Å². The molecule has 0 radical (unpaired) electrons. The van der Waals surface area contributed by atoms with Gasteiger partial charge in [0.05, 0.1) is 29.0 Å². The number of ether oxygens (including phenoxy) is 1. The summed E-state index contributed by atoms with van der Waals surface area (Å²) >= 11 is 0. The fourth-order valence-corrected chi connectivity index (χ4v) is 4.21. The number of hydrogen-bond acceptors (Lipinski definition) is 5. The first kappa shape index (κ1) is 16.3. The van der Waals surface area contributed by atoms with Gasteiger partial charge in [-0.3, -0.25) is 0 Å². The average molecular weight is 337 g/mol. The van der Waals surface area contributed by atoms with Crippen LogP contribution in [0.25, 0.3) is 0 Å². The first-order valence-electron chi connectivity index (χ1n) is 8.11. The van der Waals surface area contributed by atoms with E-state index in [1.54, 1.807) is 19.1 Å². The van der Waals surface area contributed by atoms with Crippen molar-refractivity contribution in [2.45, 2.75) is 37.5 Å². The predicted molar refractivity (Wildman–Crippen MR) is 88.6 cm³/mol. The average Bonchev–Trinajstić information content (AvgIpc) is 3.33. The van der Waals surface area contributed by atoms with Crippen molar-refractivity contribution in [2.75, 3.05) is 30.9 Å². The van der Waals surface area contributed by atoms with E-state index >= 15 is 0 Å². The first-order valence-corrected chi connectivity index (χ1v) is 9.76. The SMILES string of the molecule is CCS(=O)(=O)c1ccc(C(=O)OC)c(N2CCC3(CC2)CC3)c1. The summed E-state index contributed by atoms with van der Waals surface area (Å²) in [5, 5.41) is 0. The summed E-state index contributed by atoms with van der Waals surface area (Å²) in [4.78, 5) is 14.5. The molecule has 0 amide bonds. The van der Waals surface area contributed by atoms with Crippen LogP contribution in [0.1, 0.15) is 43.0 Å². The van der Waals surface area contributed by atoms with Crippen molar-refractivity contribution in [1.82, 2.24) is 0 Å². The zero-order valence-electron chi connectivity index (χ0n) is 13.7. The number of methoxy groups -OCH3 is 1. The van der Waals surface area contributed by atoms with Crippen molar-refractivity contribution in [3.63, 3.8) is 0 Å². The van der Waals surface area contributed by atoms with Crippen molar-refractivity contribution in [2.24, 2.45) is 5.41 Å². The minimum atomic E-state index is -3.30. The Labute approximate surface area is 137 Å². The van der Waals surface area contributed by atoms with E-state index in [4.69, 9.17) is 4.74 Å². The molecule has 1 saturated carbocycles. The van der Waals surface area contributed by atoms with Gasteiger partial charge in [0.1, 0.15) is 0 Å². The van der Waals surface area contributed by atoms with Crippen LogP contribution in [0.4, 0.5) is 5.69 Å². The Morgan fingerprint density at radius 1 is 1.22 bits per heavy atom. The third kappa shape index (κ3) is 3.09. The van der Waals surface area contributed by atoms with Crippen LogP contribution in [-0.2, 0) is 14.6 Å². The number of nitrogens with zero attached hydrogens (tertiary/aromatic N) is 1. The number of benzene rings is 1. The summed E-state index contributed by atoms with van der Waals surface area (Å²) in [6.07, 6.45) is 4.82. The monoisotopic (exact) mass is 337 g/mol. The molecule has 0 atom stereocenters. The predicted octanol–water partition coefficient (Wildman–Crippen LogP) is 2.65. The number of carbonyl (C=O) groups excluding carboxylic acids is 1. The molecule has 23 heavy (non-hydrogen) atoms. The van der Waals surface area contributed by atoms with Gasteiger partial charge < -0.3 is 9.64 Å². The van der Waals surface area contributed by atoms with Gasteiger partial charge in [0.25, 0.3) is 0 Å². The largest absolute Gasteiger partial charge is 0.465 e. The molecule has 126 valence electrons. The number of sulfone groups is 1. The van der Waals surface area contributed by atoms with Crippen molar-refractivity contribution in [3.05, 3.63) is 23.8 Å². The minimum Gasteiger partial charge on any atom is -0.465 e. The van der Waals surface area contributed by atoms with E-state index in [1.165, 1.54) is 26.0 Å². The Bertz CT molecular complexity index is 712. The lowest BCUT2D eigenvalue weighted by Gasteiger charge is -2.34. The van der Waals surface area contributed by atoms with Gasteiger partial charge in [-0.1, -0.05) is 6.92 Å². The summed E-state index contributed by atoms with van der Waals surface area (Å²) in [6.45, 7) is 3.35. The van der Waals surface area contributed by atoms with Gasteiger partial charge in [0, 0.05) is 13.1 Å². The minimum absolute atomic E-state index is 0.0487. The molecule has 6 heteroatoms. The van der Waals surface area contributed by atoms with Gasteiger partial charge in [0.15, 0.2) is 9.84 Å². The molecule has 1 aromatic rings. The highest BCUT2D eigenvalue weighted by atomic mass is 32.2. The number of esters is 1. The normalized spacial score (nSPS) is 19.7. The van der Waals surface area contributed by atoms with Crippen LogP contribution in [0.15, 0.2) is 23.1 Å². The Morgan fingerprint density at radius 3 is 2.39 bits per heavy atom. The molecule has 1 heterocycles. The second kappa shape index (κ2) is 5.82. The Balaban J connectivity index is 1.97. The van der Waals surface area contributed by atoms with E-state index < -0.39 is 15.8 Å². The molecular weight excluding hydrogens is 314 g/mol. The van der Waals surface area contributed by atoms with Gasteiger partial charge >= 0.3 is 5.97 Å². The van der Waals surface area contributed by atoms with Crippen molar-refractivity contribution < 1.29 is 17.9 Å². The Hall–Kier alpha value is -1.56. The third-order valence-electron chi connectivity index (χ3n) is 5.24. The van der Waals surface area contributed by atoms with Gasteiger partial charge in [-0.25, -0.2) is 13.2 Å². The number of piperidine rings is 1. The maximum atomic E-state index is 12.2. The Morgan fingerprint density at radius 2 is 1.87 bits per heavy atom. The van der Waals surface area contributed by atoms with Gasteiger partial charge in [-0.15, -0.1) is 0 Å². The molecule has 2 aliphatic rings. The number of anilines is 1. The van der Waals surface area contributed by atoms with E-state index in [0.717, 1.165) is 25.9 Å². The van der Waals surface area contributed by atoms with E-state index in [2.05, 4.69) is 4.90 Å². The maximum absolute atomic E-state index is 12.2. The van der Waals surface area contributed by atoms with Crippen molar-refractivity contribution in [3.8, 4) is 0 Å².